The summed E-state index contributed by atoms with van der Waals surface area (Å²) in [5, 5.41) is 0. The lowest BCUT2D eigenvalue weighted by Gasteiger charge is -2.49. The van der Waals surface area contributed by atoms with Crippen LogP contribution in [0.3, 0.4) is 0 Å². The molecule has 0 aromatic carbocycles. The third kappa shape index (κ3) is 1.73. The molecule has 1 heteroatoms. The van der Waals surface area contributed by atoms with Gasteiger partial charge in [-0.1, -0.05) is 32.1 Å². The number of rotatable bonds is 0. The molecule has 0 aliphatic heterocycles. The van der Waals surface area contributed by atoms with Crippen LogP contribution < -0.4 is 5.73 Å². The highest BCUT2D eigenvalue weighted by atomic mass is 14.7. The quantitative estimate of drug-likeness (QED) is 0.648. The molecule has 0 spiro atoms. The van der Waals surface area contributed by atoms with Crippen LogP contribution in [-0.2, 0) is 0 Å². The molecule has 3 rings (SSSR count). The van der Waals surface area contributed by atoms with Gasteiger partial charge in [-0.2, -0.15) is 0 Å². The van der Waals surface area contributed by atoms with Crippen molar-refractivity contribution in [3.05, 3.63) is 0 Å². The summed E-state index contributed by atoms with van der Waals surface area (Å²) in [5.41, 5.74) is 6.12. The summed E-state index contributed by atoms with van der Waals surface area (Å²) in [7, 11) is 0. The van der Waals surface area contributed by atoms with Crippen LogP contribution in [0.2, 0.25) is 0 Å². The maximum atomic E-state index is 6.12. The molecule has 0 amide bonds. The molecule has 1 nitrogen and oxygen atoms in total. The summed E-state index contributed by atoms with van der Waals surface area (Å²) in [4.78, 5) is 0. The molecule has 4 atom stereocenters. The summed E-state index contributed by atoms with van der Waals surface area (Å²) in [6.07, 6.45) is 13.2. The second kappa shape index (κ2) is 4.08. The van der Waals surface area contributed by atoms with Gasteiger partial charge in [-0.15, -0.1) is 0 Å². The lowest BCUT2D eigenvalue weighted by atomic mass is 9.55. The van der Waals surface area contributed by atoms with Gasteiger partial charge >= 0.3 is 0 Å². The maximum Gasteiger partial charge on any atom is 0.00445 e. The third-order valence-electron chi connectivity index (χ3n) is 5.42. The van der Waals surface area contributed by atoms with Crippen LogP contribution in [0.1, 0.15) is 57.8 Å². The first-order chi connectivity index (χ1) is 7.36. The van der Waals surface area contributed by atoms with Gasteiger partial charge in [0, 0.05) is 6.04 Å². The van der Waals surface area contributed by atoms with E-state index in [1.807, 2.05) is 0 Å². The SMILES string of the molecule is NC1CC2C3CCCCCCCC3C2C1. The van der Waals surface area contributed by atoms with Crippen molar-refractivity contribution in [2.24, 2.45) is 29.4 Å². The minimum Gasteiger partial charge on any atom is -0.328 e. The lowest BCUT2D eigenvalue weighted by molar-refractivity contribution is -0.0102. The van der Waals surface area contributed by atoms with Gasteiger partial charge in [0.05, 0.1) is 0 Å². The first-order valence-corrected chi connectivity index (χ1v) is 7.12. The van der Waals surface area contributed by atoms with Crippen molar-refractivity contribution >= 4 is 0 Å². The summed E-state index contributed by atoms with van der Waals surface area (Å²) < 4.78 is 0. The molecule has 0 bridgehead atoms. The molecule has 0 radical (unpaired) electrons. The Morgan fingerprint density at radius 3 is 1.60 bits per heavy atom. The molecule has 0 heterocycles. The van der Waals surface area contributed by atoms with E-state index >= 15 is 0 Å². The second-order valence-corrected chi connectivity index (χ2v) is 6.23. The zero-order valence-corrected chi connectivity index (χ0v) is 9.83. The molecule has 0 aromatic heterocycles. The summed E-state index contributed by atoms with van der Waals surface area (Å²) in [5.74, 6) is 4.26. The monoisotopic (exact) mass is 207 g/mol. The van der Waals surface area contributed by atoms with Gasteiger partial charge in [-0.05, 0) is 49.4 Å². The van der Waals surface area contributed by atoms with Crippen LogP contribution in [-0.4, -0.2) is 6.04 Å². The predicted molar refractivity (Wildman–Crippen MR) is 63.5 cm³/mol. The van der Waals surface area contributed by atoms with E-state index in [1.165, 1.54) is 57.8 Å². The normalized spacial score (nSPS) is 50.6. The van der Waals surface area contributed by atoms with Crippen LogP contribution >= 0.6 is 0 Å². The van der Waals surface area contributed by atoms with E-state index in [2.05, 4.69) is 0 Å². The summed E-state index contributed by atoms with van der Waals surface area (Å²) >= 11 is 0. The van der Waals surface area contributed by atoms with Crippen molar-refractivity contribution < 1.29 is 0 Å². The highest BCUT2D eigenvalue weighted by molar-refractivity contribution is 5.03. The molecule has 3 aliphatic rings. The van der Waals surface area contributed by atoms with Crippen LogP contribution in [0.25, 0.3) is 0 Å². The molecule has 4 unspecified atom stereocenters. The Balaban J connectivity index is 1.67. The fourth-order valence-electron chi connectivity index (χ4n) is 4.77. The molecule has 15 heavy (non-hydrogen) atoms. The minimum absolute atomic E-state index is 0.551. The topological polar surface area (TPSA) is 26.0 Å². The second-order valence-electron chi connectivity index (χ2n) is 6.23. The molecule has 0 aromatic rings. The van der Waals surface area contributed by atoms with Crippen molar-refractivity contribution in [1.82, 2.24) is 0 Å². The standard InChI is InChI=1S/C14H25N/c15-10-8-13-11-6-4-2-1-3-5-7-12(11)14(13)9-10/h10-14H,1-9,15H2. The van der Waals surface area contributed by atoms with E-state index in [4.69, 9.17) is 5.73 Å². The minimum atomic E-state index is 0.551. The van der Waals surface area contributed by atoms with Crippen molar-refractivity contribution in [1.29, 1.82) is 0 Å². The third-order valence-corrected chi connectivity index (χ3v) is 5.42. The van der Waals surface area contributed by atoms with Crippen LogP contribution in [0.15, 0.2) is 0 Å². The highest BCUT2D eigenvalue weighted by Crippen LogP contribution is 2.58. The molecule has 0 saturated heterocycles. The van der Waals surface area contributed by atoms with Gasteiger partial charge in [0.2, 0.25) is 0 Å². The molecular formula is C14H25N. The van der Waals surface area contributed by atoms with E-state index < -0.39 is 0 Å². The zero-order valence-electron chi connectivity index (χ0n) is 9.83. The summed E-state index contributed by atoms with van der Waals surface area (Å²) in [6, 6.07) is 0.551. The van der Waals surface area contributed by atoms with E-state index in [0.717, 1.165) is 23.7 Å². The number of hydrogen-bond donors (Lipinski definition) is 1. The Bertz CT molecular complexity index is 203. The van der Waals surface area contributed by atoms with Crippen LogP contribution in [0.4, 0.5) is 0 Å². The van der Waals surface area contributed by atoms with E-state index in [-0.39, 0.29) is 0 Å². The maximum absolute atomic E-state index is 6.12. The number of fused-ring (bicyclic) bond motifs is 4. The van der Waals surface area contributed by atoms with E-state index in [9.17, 15) is 0 Å². The predicted octanol–water partition coefficient (Wildman–Crippen LogP) is 3.33. The molecule has 3 fully saturated rings. The Kier molecular flexibility index (Phi) is 2.76. The Morgan fingerprint density at radius 1 is 0.600 bits per heavy atom. The van der Waals surface area contributed by atoms with Gasteiger partial charge in [-0.3, -0.25) is 0 Å². The smallest absolute Gasteiger partial charge is 0.00445 e. The molecule has 3 aliphatic carbocycles. The van der Waals surface area contributed by atoms with E-state index in [1.54, 1.807) is 0 Å². The number of nitrogens with two attached hydrogens (primary N) is 1. The van der Waals surface area contributed by atoms with Crippen LogP contribution in [0, 0.1) is 23.7 Å². The molecular weight excluding hydrogens is 182 g/mol. The Hall–Kier alpha value is -0.0400. The first-order valence-electron chi connectivity index (χ1n) is 7.12. The van der Waals surface area contributed by atoms with Crippen LogP contribution in [0.5, 0.6) is 0 Å². The molecule has 3 saturated carbocycles. The fraction of sp³-hybridized carbons (Fsp3) is 1.00. The molecule has 86 valence electrons. The molecule has 2 N–H and O–H groups in total. The van der Waals surface area contributed by atoms with E-state index in [0.29, 0.717) is 6.04 Å². The van der Waals surface area contributed by atoms with Gasteiger partial charge < -0.3 is 5.73 Å². The first kappa shape index (κ1) is 10.1. The van der Waals surface area contributed by atoms with Gasteiger partial charge in [0.15, 0.2) is 0 Å². The average molecular weight is 207 g/mol. The zero-order chi connectivity index (χ0) is 10.3. The van der Waals surface area contributed by atoms with Gasteiger partial charge in [0.25, 0.3) is 0 Å². The summed E-state index contributed by atoms with van der Waals surface area (Å²) in [6.45, 7) is 0. The fourth-order valence-corrected chi connectivity index (χ4v) is 4.77. The van der Waals surface area contributed by atoms with Gasteiger partial charge in [0.1, 0.15) is 0 Å². The Morgan fingerprint density at radius 2 is 1.07 bits per heavy atom. The average Bonchev–Trinajstić information content (AvgIpc) is 2.59. The van der Waals surface area contributed by atoms with Crippen molar-refractivity contribution in [3.8, 4) is 0 Å². The van der Waals surface area contributed by atoms with Crippen molar-refractivity contribution in [2.75, 3.05) is 0 Å². The Labute approximate surface area is 93.8 Å². The highest BCUT2D eigenvalue weighted by Gasteiger charge is 2.52. The van der Waals surface area contributed by atoms with Crippen molar-refractivity contribution in [3.63, 3.8) is 0 Å². The van der Waals surface area contributed by atoms with Gasteiger partial charge in [-0.25, -0.2) is 0 Å². The lowest BCUT2D eigenvalue weighted by Crippen LogP contribution is -2.43. The van der Waals surface area contributed by atoms with Crippen molar-refractivity contribution in [2.45, 2.75) is 63.8 Å². The largest absolute Gasteiger partial charge is 0.328 e. The number of hydrogen-bond acceptors (Lipinski definition) is 1.